The first-order chi connectivity index (χ1) is 5.91. The Hall–Kier alpha value is -1.55. The molecule has 0 bridgehead atoms. The van der Waals surface area contributed by atoms with Gasteiger partial charge in [-0.15, -0.1) is 0 Å². The van der Waals surface area contributed by atoms with Crippen molar-refractivity contribution in [3.05, 3.63) is 34.4 Å². The van der Waals surface area contributed by atoms with Gasteiger partial charge < -0.3 is 11.0 Å². The van der Waals surface area contributed by atoms with Crippen molar-refractivity contribution in [2.75, 3.05) is 0 Å². The fraction of sp³-hybridized carbons (Fsp3) is 0. The van der Waals surface area contributed by atoms with Crippen molar-refractivity contribution in [2.45, 2.75) is 4.90 Å². The Morgan fingerprint density at radius 3 is 1.80 bits per heavy atom. The first kappa shape index (κ1) is 15.9. The van der Waals surface area contributed by atoms with Gasteiger partial charge in [0.15, 0.2) is 0 Å². The summed E-state index contributed by atoms with van der Waals surface area (Å²) in [6, 6.07) is 3.94. The molecule has 5 N–H and O–H groups in total. The van der Waals surface area contributed by atoms with Crippen LogP contribution in [0.15, 0.2) is 29.2 Å². The molecule has 8 nitrogen and oxygen atoms in total. The molecule has 0 fully saturated rings. The Balaban J connectivity index is 0. The van der Waals surface area contributed by atoms with Crippen molar-refractivity contribution >= 4 is 15.8 Å². The topological polar surface area (TPSA) is 161 Å². The monoisotopic (exact) mass is 239 g/mol. The summed E-state index contributed by atoms with van der Waals surface area (Å²) in [6.07, 6.45) is 0. The number of rotatable bonds is 2. The molecule has 1 aromatic rings. The van der Waals surface area contributed by atoms with Crippen LogP contribution in [-0.4, -0.2) is 28.8 Å². The number of benzene rings is 1. The molecular weight excluding hydrogens is 230 g/mol. The van der Waals surface area contributed by atoms with Crippen LogP contribution >= 0.6 is 0 Å². The van der Waals surface area contributed by atoms with Crippen LogP contribution in [0.2, 0.25) is 0 Å². The number of hydrogen-bond donors (Lipinski definition) is 1. The third kappa shape index (κ3) is 3.99. The fourth-order valence-corrected chi connectivity index (χ4v) is 1.22. The summed E-state index contributed by atoms with van der Waals surface area (Å²) >= 11 is 0. The maximum Gasteiger partial charge on any atom is 0.294 e. The highest BCUT2D eigenvalue weighted by Gasteiger charge is 2.11. The molecule has 86 valence electrons. The Morgan fingerprint density at radius 1 is 1.13 bits per heavy atom. The third-order valence-electron chi connectivity index (χ3n) is 1.35. The van der Waals surface area contributed by atoms with Crippen LogP contribution in [0.4, 0.5) is 5.69 Å². The van der Waals surface area contributed by atoms with Gasteiger partial charge in [0.2, 0.25) is 0 Å². The van der Waals surface area contributed by atoms with E-state index in [1.807, 2.05) is 0 Å². The van der Waals surface area contributed by atoms with Crippen LogP contribution in [0.5, 0.6) is 0 Å². The van der Waals surface area contributed by atoms with E-state index < -0.39 is 15.0 Å². The number of nitro benzene ring substituents is 1. The zero-order valence-electron chi connectivity index (χ0n) is 7.25. The zero-order chi connectivity index (χ0) is 10.1. The minimum Gasteiger partial charge on any atom is -0.412 e. The average Bonchev–Trinajstić information content (AvgIpc) is 2.03. The SMILES string of the molecule is O.O.O=[N+]([O-])c1ccc(S(=O)(=O)O)cc1. The molecule has 0 saturated heterocycles. The van der Waals surface area contributed by atoms with Crippen molar-refractivity contribution in [1.29, 1.82) is 0 Å². The van der Waals surface area contributed by atoms with Crippen molar-refractivity contribution in [1.82, 2.24) is 0 Å². The summed E-state index contributed by atoms with van der Waals surface area (Å²) in [7, 11) is -4.27. The van der Waals surface area contributed by atoms with E-state index in [0.29, 0.717) is 0 Å². The number of nitro groups is 1. The van der Waals surface area contributed by atoms with E-state index in [1.165, 1.54) is 0 Å². The van der Waals surface area contributed by atoms with Gasteiger partial charge in [-0.3, -0.25) is 14.7 Å². The van der Waals surface area contributed by atoms with Crippen molar-refractivity contribution in [3.63, 3.8) is 0 Å². The molecule has 0 unspecified atom stereocenters. The minimum atomic E-state index is -4.27. The number of non-ortho nitro benzene ring substituents is 1. The van der Waals surface area contributed by atoms with Crippen LogP contribution in [-0.2, 0) is 10.1 Å². The van der Waals surface area contributed by atoms with Gasteiger partial charge in [-0.05, 0) is 12.1 Å². The fourth-order valence-electron chi connectivity index (χ4n) is 0.740. The number of nitrogens with zero attached hydrogens (tertiary/aromatic N) is 1. The summed E-state index contributed by atoms with van der Waals surface area (Å²) in [6.45, 7) is 0. The Kier molecular flexibility index (Phi) is 5.68. The van der Waals surface area contributed by atoms with Crippen LogP contribution < -0.4 is 0 Å². The lowest BCUT2D eigenvalue weighted by Crippen LogP contribution is -1.97. The van der Waals surface area contributed by atoms with Crippen molar-refractivity contribution < 1.29 is 28.8 Å². The van der Waals surface area contributed by atoms with Gasteiger partial charge in [-0.1, -0.05) is 0 Å². The molecule has 0 amide bonds. The van der Waals surface area contributed by atoms with E-state index in [1.54, 1.807) is 0 Å². The van der Waals surface area contributed by atoms with Gasteiger partial charge in [0.1, 0.15) is 0 Å². The molecule has 9 heteroatoms. The summed E-state index contributed by atoms with van der Waals surface area (Å²) in [5.74, 6) is 0. The van der Waals surface area contributed by atoms with Gasteiger partial charge >= 0.3 is 0 Å². The highest BCUT2D eigenvalue weighted by atomic mass is 32.2. The van der Waals surface area contributed by atoms with Crippen LogP contribution in [0, 0.1) is 10.1 Å². The van der Waals surface area contributed by atoms with E-state index in [4.69, 9.17) is 4.55 Å². The lowest BCUT2D eigenvalue weighted by molar-refractivity contribution is -0.384. The first-order valence-corrected chi connectivity index (χ1v) is 4.57. The van der Waals surface area contributed by atoms with E-state index >= 15 is 0 Å². The van der Waals surface area contributed by atoms with E-state index in [9.17, 15) is 18.5 Å². The second-order valence-corrected chi connectivity index (χ2v) is 3.65. The Bertz CT molecular complexity index is 423. The predicted molar refractivity (Wildman–Crippen MR) is 50.1 cm³/mol. The molecule has 0 heterocycles. The lowest BCUT2D eigenvalue weighted by Gasteiger charge is -1.94. The Morgan fingerprint density at radius 2 is 1.53 bits per heavy atom. The van der Waals surface area contributed by atoms with Crippen molar-refractivity contribution in [2.24, 2.45) is 0 Å². The molecule has 0 aliphatic heterocycles. The van der Waals surface area contributed by atoms with E-state index in [-0.39, 0.29) is 21.5 Å². The molecule has 0 spiro atoms. The molecule has 1 rings (SSSR count). The normalized spacial score (nSPS) is 9.67. The van der Waals surface area contributed by atoms with Crippen LogP contribution in [0.1, 0.15) is 0 Å². The molecule has 15 heavy (non-hydrogen) atoms. The predicted octanol–water partition coefficient (Wildman–Crippen LogP) is -0.808. The summed E-state index contributed by atoms with van der Waals surface area (Å²) in [4.78, 5) is 9.13. The minimum absolute atomic E-state index is 0. The molecule has 1 aromatic carbocycles. The quantitative estimate of drug-likeness (QED) is 0.405. The molecular formula is C6H9NO7S. The molecule has 0 atom stereocenters. The summed E-state index contributed by atoms with van der Waals surface area (Å²) in [5, 5.41) is 10.2. The van der Waals surface area contributed by atoms with Crippen LogP contribution in [0.3, 0.4) is 0 Å². The highest BCUT2D eigenvalue weighted by Crippen LogP contribution is 2.14. The maximum atomic E-state index is 10.5. The summed E-state index contributed by atoms with van der Waals surface area (Å²) < 4.78 is 29.5. The van der Waals surface area contributed by atoms with Gasteiger partial charge in [0.05, 0.1) is 9.82 Å². The van der Waals surface area contributed by atoms with Gasteiger partial charge in [0, 0.05) is 12.1 Å². The van der Waals surface area contributed by atoms with E-state index in [0.717, 1.165) is 24.3 Å². The van der Waals surface area contributed by atoms with Crippen molar-refractivity contribution in [3.8, 4) is 0 Å². The Labute approximate surface area is 84.7 Å². The standard InChI is InChI=1S/C6H5NO5S.2H2O/c8-7(9)5-1-3-6(4-2-5)13(10,11)12;;/h1-4H,(H,10,11,12);2*1H2. The number of hydrogen-bond acceptors (Lipinski definition) is 4. The van der Waals surface area contributed by atoms with E-state index in [2.05, 4.69) is 0 Å². The molecule has 0 saturated carbocycles. The molecule has 0 aliphatic rings. The second kappa shape index (κ2) is 5.36. The molecule has 0 aromatic heterocycles. The average molecular weight is 239 g/mol. The maximum absolute atomic E-state index is 10.5. The first-order valence-electron chi connectivity index (χ1n) is 3.13. The lowest BCUT2D eigenvalue weighted by atomic mass is 10.3. The third-order valence-corrected chi connectivity index (χ3v) is 2.21. The van der Waals surface area contributed by atoms with Gasteiger partial charge in [-0.25, -0.2) is 0 Å². The molecule has 0 radical (unpaired) electrons. The second-order valence-electron chi connectivity index (χ2n) is 2.23. The van der Waals surface area contributed by atoms with Gasteiger partial charge in [0.25, 0.3) is 15.8 Å². The van der Waals surface area contributed by atoms with Crippen LogP contribution in [0.25, 0.3) is 0 Å². The van der Waals surface area contributed by atoms with Gasteiger partial charge in [-0.2, -0.15) is 8.42 Å². The smallest absolute Gasteiger partial charge is 0.294 e. The largest absolute Gasteiger partial charge is 0.412 e. The zero-order valence-corrected chi connectivity index (χ0v) is 8.06. The molecule has 0 aliphatic carbocycles. The summed E-state index contributed by atoms with van der Waals surface area (Å²) in [5.41, 5.74) is -0.229. The highest BCUT2D eigenvalue weighted by molar-refractivity contribution is 7.85.